The molecular formula is C14H17FN2. The van der Waals surface area contributed by atoms with E-state index in [9.17, 15) is 4.39 Å². The van der Waals surface area contributed by atoms with Crippen molar-refractivity contribution in [1.82, 2.24) is 9.47 Å². The quantitative estimate of drug-likeness (QED) is 0.790. The van der Waals surface area contributed by atoms with Crippen molar-refractivity contribution < 1.29 is 4.39 Å². The number of halogens is 1. The van der Waals surface area contributed by atoms with E-state index in [1.807, 2.05) is 18.3 Å². The van der Waals surface area contributed by atoms with Crippen LogP contribution in [-0.4, -0.2) is 29.1 Å². The minimum absolute atomic E-state index is 0.123. The van der Waals surface area contributed by atoms with E-state index in [4.69, 9.17) is 0 Å². The Morgan fingerprint density at radius 3 is 2.71 bits per heavy atom. The lowest BCUT2D eigenvalue weighted by atomic mass is 10.2. The second-order valence-electron chi connectivity index (χ2n) is 4.73. The van der Waals surface area contributed by atoms with Gasteiger partial charge >= 0.3 is 0 Å². The summed E-state index contributed by atoms with van der Waals surface area (Å²) in [6.45, 7) is 4.45. The van der Waals surface area contributed by atoms with Gasteiger partial charge in [-0.1, -0.05) is 6.07 Å². The smallest absolute Gasteiger partial charge is 0.132 e. The van der Waals surface area contributed by atoms with E-state index in [-0.39, 0.29) is 5.82 Å². The number of likely N-dealkylation sites (tertiary alicyclic amines) is 1. The fourth-order valence-corrected chi connectivity index (χ4v) is 2.64. The summed E-state index contributed by atoms with van der Waals surface area (Å²) in [5.74, 6) is -0.123. The summed E-state index contributed by atoms with van der Waals surface area (Å²) in [6.07, 6.45) is 4.63. The van der Waals surface area contributed by atoms with Gasteiger partial charge in [0, 0.05) is 24.7 Å². The van der Waals surface area contributed by atoms with Gasteiger partial charge in [-0.25, -0.2) is 4.39 Å². The van der Waals surface area contributed by atoms with E-state index < -0.39 is 0 Å². The summed E-state index contributed by atoms with van der Waals surface area (Å²) < 4.78 is 15.7. The predicted molar refractivity (Wildman–Crippen MR) is 67.6 cm³/mol. The number of nitrogens with zero attached hydrogens (tertiary/aromatic N) is 2. The maximum Gasteiger partial charge on any atom is 0.132 e. The highest BCUT2D eigenvalue weighted by molar-refractivity contribution is 5.80. The van der Waals surface area contributed by atoms with Crippen LogP contribution in [0.15, 0.2) is 30.5 Å². The molecule has 3 rings (SSSR count). The van der Waals surface area contributed by atoms with Crippen LogP contribution in [0.5, 0.6) is 0 Å². The number of hydrogen-bond acceptors (Lipinski definition) is 1. The molecule has 2 heterocycles. The number of hydrogen-bond donors (Lipinski definition) is 0. The van der Waals surface area contributed by atoms with Crippen LogP contribution in [0, 0.1) is 5.82 Å². The van der Waals surface area contributed by atoms with Crippen LogP contribution < -0.4 is 0 Å². The molecule has 1 fully saturated rings. The number of benzene rings is 1. The molecule has 0 N–H and O–H groups in total. The maximum atomic E-state index is 13.5. The molecule has 0 bridgehead atoms. The molecule has 2 nitrogen and oxygen atoms in total. The van der Waals surface area contributed by atoms with Crippen molar-refractivity contribution in [1.29, 1.82) is 0 Å². The largest absolute Gasteiger partial charge is 0.346 e. The predicted octanol–water partition coefficient (Wildman–Crippen LogP) is 2.88. The van der Waals surface area contributed by atoms with Crippen LogP contribution in [0.4, 0.5) is 4.39 Å². The molecule has 17 heavy (non-hydrogen) atoms. The molecule has 2 aromatic rings. The average Bonchev–Trinajstić information content (AvgIpc) is 2.95. The molecule has 0 amide bonds. The van der Waals surface area contributed by atoms with Gasteiger partial charge in [0.25, 0.3) is 0 Å². The zero-order valence-electron chi connectivity index (χ0n) is 9.90. The third-order valence-electron chi connectivity index (χ3n) is 3.62. The van der Waals surface area contributed by atoms with Gasteiger partial charge in [0.2, 0.25) is 0 Å². The number of rotatable bonds is 3. The van der Waals surface area contributed by atoms with Crippen molar-refractivity contribution in [3.63, 3.8) is 0 Å². The Morgan fingerprint density at radius 1 is 1.06 bits per heavy atom. The van der Waals surface area contributed by atoms with E-state index in [0.717, 1.165) is 24.0 Å². The van der Waals surface area contributed by atoms with Crippen LogP contribution >= 0.6 is 0 Å². The summed E-state index contributed by atoms with van der Waals surface area (Å²) in [6, 6.07) is 7.16. The van der Waals surface area contributed by atoms with Gasteiger partial charge in [0.15, 0.2) is 0 Å². The summed E-state index contributed by atoms with van der Waals surface area (Å²) in [7, 11) is 0. The molecule has 1 aromatic heterocycles. The summed E-state index contributed by atoms with van der Waals surface area (Å²) >= 11 is 0. The van der Waals surface area contributed by atoms with E-state index >= 15 is 0 Å². The van der Waals surface area contributed by atoms with Crippen molar-refractivity contribution in [3.05, 3.63) is 36.3 Å². The fraction of sp³-hybridized carbons (Fsp3) is 0.429. The molecule has 1 saturated heterocycles. The Labute approximate surface area is 101 Å². The van der Waals surface area contributed by atoms with Gasteiger partial charge in [0.1, 0.15) is 5.82 Å². The van der Waals surface area contributed by atoms with Crippen molar-refractivity contribution in [2.24, 2.45) is 0 Å². The van der Waals surface area contributed by atoms with Crippen LogP contribution in [0.25, 0.3) is 10.9 Å². The average molecular weight is 232 g/mol. The maximum absolute atomic E-state index is 13.5. The summed E-state index contributed by atoms with van der Waals surface area (Å²) in [4.78, 5) is 2.48. The Bertz CT molecular complexity index is 512. The Morgan fingerprint density at radius 2 is 1.88 bits per heavy atom. The van der Waals surface area contributed by atoms with Crippen molar-refractivity contribution in [3.8, 4) is 0 Å². The molecule has 0 atom stereocenters. The molecule has 0 saturated carbocycles. The highest BCUT2D eigenvalue weighted by Crippen LogP contribution is 2.19. The van der Waals surface area contributed by atoms with Gasteiger partial charge in [-0.2, -0.15) is 0 Å². The fourth-order valence-electron chi connectivity index (χ4n) is 2.64. The molecule has 0 unspecified atom stereocenters. The van der Waals surface area contributed by atoms with E-state index in [2.05, 4.69) is 9.47 Å². The van der Waals surface area contributed by atoms with E-state index in [0.29, 0.717) is 0 Å². The molecular weight excluding hydrogens is 215 g/mol. The first-order valence-electron chi connectivity index (χ1n) is 6.30. The normalized spacial score (nSPS) is 17.0. The monoisotopic (exact) mass is 232 g/mol. The highest BCUT2D eigenvalue weighted by atomic mass is 19.1. The van der Waals surface area contributed by atoms with Crippen LogP contribution in [0.3, 0.4) is 0 Å². The molecule has 1 aliphatic rings. The van der Waals surface area contributed by atoms with Crippen LogP contribution in [0.1, 0.15) is 12.8 Å². The standard InChI is InChI=1S/C14H17FN2/c15-13-4-3-5-14-12(13)6-9-17(14)11-10-16-7-1-2-8-16/h3-6,9H,1-2,7-8,10-11H2. The van der Waals surface area contributed by atoms with Crippen molar-refractivity contribution >= 4 is 10.9 Å². The van der Waals surface area contributed by atoms with Gasteiger partial charge in [-0.3, -0.25) is 0 Å². The zero-order chi connectivity index (χ0) is 11.7. The van der Waals surface area contributed by atoms with Gasteiger partial charge in [0.05, 0.1) is 5.52 Å². The van der Waals surface area contributed by atoms with Gasteiger partial charge in [-0.05, 0) is 44.1 Å². The van der Waals surface area contributed by atoms with Gasteiger partial charge < -0.3 is 9.47 Å². The molecule has 3 heteroatoms. The molecule has 0 radical (unpaired) electrons. The highest BCUT2D eigenvalue weighted by Gasteiger charge is 2.11. The first-order valence-corrected chi connectivity index (χ1v) is 6.30. The Balaban J connectivity index is 1.78. The van der Waals surface area contributed by atoms with E-state index in [1.54, 1.807) is 6.07 Å². The van der Waals surface area contributed by atoms with Crippen LogP contribution in [0.2, 0.25) is 0 Å². The second-order valence-corrected chi connectivity index (χ2v) is 4.73. The van der Waals surface area contributed by atoms with Crippen LogP contribution in [-0.2, 0) is 6.54 Å². The molecule has 1 aliphatic heterocycles. The third kappa shape index (κ3) is 2.07. The van der Waals surface area contributed by atoms with Gasteiger partial charge in [-0.15, -0.1) is 0 Å². The lowest BCUT2D eigenvalue weighted by Gasteiger charge is -2.15. The minimum atomic E-state index is -0.123. The lowest BCUT2D eigenvalue weighted by molar-refractivity contribution is 0.324. The molecule has 1 aromatic carbocycles. The summed E-state index contributed by atoms with van der Waals surface area (Å²) in [5, 5.41) is 0.730. The lowest BCUT2D eigenvalue weighted by Crippen LogP contribution is -2.23. The number of fused-ring (bicyclic) bond motifs is 1. The molecule has 0 spiro atoms. The second kappa shape index (κ2) is 4.49. The Hall–Kier alpha value is -1.35. The van der Waals surface area contributed by atoms with Crippen molar-refractivity contribution in [2.75, 3.05) is 19.6 Å². The topological polar surface area (TPSA) is 8.17 Å². The van der Waals surface area contributed by atoms with E-state index in [1.165, 1.54) is 32.0 Å². The van der Waals surface area contributed by atoms with Crippen molar-refractivity contribution in [2.45, 2.75) is 19.4 Å². The number of aromatic nitrogens is 1. The summed E-state index contributed by atoms with van der Waals surface area (Å²) in [5.41, 5.74) is 1.00. The molecule has 90 valence electrons. The minimum Gasteiger partial charge on any atom is -0.346 e. The first-order chi connectivity index (χ1) is 8.34. The molecule has 0 aliphatic carbocycles. The SMILES string of the molecule is Fc1cccc2c1ccn2CCN1CCCC1. The zero-order valence-corrected chi connectivity index (χ0v) is 9.90. The first kappa shape index (κ1) is 10.8. The Kier molecular flexibility index (Phi) is 2.85. The third-order valence-corrected chi connectivity index (χ3v) is 3.62.